The number of fused-ring (bicyclic) bond motifs is 13. The zero-order valence-electron chi connectivity index (χ0n) is 21.5. The number of aromatic nitrogens is 2. The molecule has 4 heterocycles. The van der Waals surface area contributed by atoms with Gasteiger partial charge in [0.1, 0.15) is 0 Å². The van der Waals surface area contributed by atoms with Crippen molar-refractivity contribution in [1.82, 2.24) is 9.13 Å². The summed E-state index contributed by atoms with van der Waals surface area (Å²) in [7, 11) is 0. The SMILES string of the molecule is CC1(C)Cc2ccc3c(c2C1)-n1c2ccccc2c2ccc4c(c21)B3c1cccc2c3ccccc3n-4c12. The van der Waals surface area contributed by atoms with Crippen LogP contribution in [0.3, 0.4) is 0 Å². The molecule has 0 radical (unpaired) electrons. The lowest BCUT2D eigenvalue weighted by Crippen LogP contribution is -2.59. The third-order valence-electron chi connectivity index (χ3n) is 9.69. The highest BCUT2D eigenvalue weighted by molar-refractivity contribution is 7.00. The molecule has 0 unspecified atom stereocenters. The van der Waals surface area contributed by atoms with Crippen molar-refractivity contribution in [2.75, 3.05) is 0 Å². The average molecular weight is 484 g/mol. The average Bonchev–Trinajstić information content (AvgIpc) is 3.56. The number of hydrogen-bond acceptors (Lipinski definition) is 0. The van der Waals surface area contributed by atoms with Crippen LogP contribution >= 0.6 is 0 Å². The maximum absolute atomic E-state index is 2.65. The van der Waals surface area contributed by atoms with E-state index in [-0.39, 0.29) is 6.71 Å². The Balaban J connectivity index is 1.49. The van der Waals surface area contributed by atoms with Crippen molar-refractivity contribution in [3.8, 4) is 11.4 Å². The molecule has 178 valence electrons. The molecule has 38 heavy (non-hydrogen) atoms. The molecule has 10 rings (SSSR count). The third kappa shape index (κ3) is 2.10. The van der Waals surface area contributed by atoms with E-state index in [1.54, 1.807) is 5.56 Å². The van der Waals surface area contributed by atoms with E-state index >= 15 is 0 Å². The van der Waals surface area contributed by atoms with Crippen LogP contribution in [0.2, 0.25) is 0 Å². The fourth-order valence-electron chi connectivity index (χ4n) is 8.40. The van der Waals surface area contributed by atoms with Crippen molar-refractivity contribution in [1.29, 1.82) is 0 Å². The highest BCUT2D eigenvalue weighted by Crippen LogP contribution is 2.44. The number of rotatable bonds is 0. The summed E-state index contributed by atoms with van der Waals surface area (Å²) in [5.41, 5.74) is 15.9. The second-order valence-electron chi connectivity index (χ2n) is 12.4. The van der Waals surface area contributed by atoms with Crippen molar-refractivity contribution in [3.05, 3.63) is 102 Å². The minimum absolute atomic E-state index is 0.232. The minimum Gasteiger partial charge on any atom is -0.310 e. The zero-order chi connectivity index (χ0) is 24.9. The van der Waals surface area contributed by atoms with Gasteiger partial charge in [-0.2, -0.15) is 0 Å². The number of benzene rings is 5. The molecule has 0 fully saturated rings. The van der Waals surface area contributed by atoms with Crippen LogP contribution in [0.4, 0.5) is 0 Å². The van der Waals surface area contributed by atoms with E-state index in [0.717, 1.165) is 12.8 Å². The molecule has 0 spiro atoms. The number of para-hydroxylation sites is 3. The molecule has 7 aromatic rings. The number of hydrogen-bond donors (Lipinski definition) is 0. The zero-order valence-corrected chi connectivity index (χ0v) is 21.5. The molecule has 3 heteroatoms. The van der Waals surface area contributed by atoms with Crippen LogP contribution in [0.5, 0.6) is 0 Å². The lowest BCUT2D eigenvalue weighted by molar-refractivity contribution is 0.392. The number of nitrogens with zero attached hydrogens (tertiary/aromatic N) is 2. The van der Waals surface area contributed by atoms with Gasteiger partial charge in [0.15, 0.2) is 0 Å². The van der Waals surface area contributed by atoms with Crippen LogP contribution in [-0.2, 0) is 12.8 Å². The van der Waals surface area contributed by atoms with Crippen molar-refractivity contribution >= 4 is 66.7 Å². The largest absolute Gasteiger partial charge is 0.310 e. The van der Waals surface area contributed by atoms with Gasteiger partial charge in [0.25, 0.3) is 6.71 Å². The predicted octanol–water partition coefficient (Wildman–Crippen LogP) is 6.15. The quantitative estimate of drug-likeness (QED) is 0.229. The van der Waals surface area contributed by atoms with Crippen LogP contribution in [0.15, 0.2) is 91.0 Å². The first kappa shape index (κ1) is 19.8. The monoisotopic (exact) mass is 484 g/mol. The smallest absolute Gasteiger partial charge is 0.252 e. The second-order valence-corrected chi connectivity index (χ2v) is 12.4. The molecule has 1 aliphatic carbocycles. The lowest BCUT2D eigenvalue weighted by Gasteiger charge is -2.34. The fraction of sp³-hybridized carbons (Fsp3) is 0.143. The van der Waals surface area contributed by atoms with Crippen molar-refractivity contribution < 1.29 is 0 Å². The molecule has 3 aliphatic rings. The molecule has 5 aromatic carbocycles. The summed E-state index contributed by atoms with van der Waals surface area (Å²) in [6.45, 7) is 5.09. The molecule has 2 nitrogen and oxygen atoms in total. The van der Waals surface area contributed by atoms with E-state index in [0.29, 0.717) is 5.41 Å². The standard InChI is InChI=1S/C35H25BN2/c1-35(2)18-20-14-16-27-33(25(20)19-35)38-29-13-6-4-9-22(29)24-15-17-30-31(34(24)38)36(27)26-11-7-10-23-21-8-3-5-12-28(21)37(30)32(23)26/h3-17H,18-19H2,1-2H3. The van der Waals surface area contributed by atoms with E-state index in [2.05, 4.69) is 114 Å². The van der Waals surface area contributed by atoms with Gasteiger partial charge in [0.2, 0.25) is 0 Å². The molecule has 0 amide bonds. The maximum atomic E-state index is 2.65. The Morgan fingerprint density at radius 3 is 2.13 bits per heavy atom. The highest BCUT2D eigenvalue weighted by atomic mass is 15.0. The summed E-state index contributed by atoms with van der Waals surface area (Å²) in [5, 5.41) is 5.43. The Kier molecular flexibility index (Phi) is 3.26. The van der Waals surface area contributed by atoms with Crippen LogP contribution in [0.1, 0.15) is 25.0 Å². The van der Waals surface area contributed by atoms with Gasteiger partial charge in [-0.25, -0.2) is 0 Å². The summed E-state index contributed by atoms with van der Waals surface area (Å²) in [4.78, 5) is 0. The molecular weight excluding hydrogens is 459 g/mol. The predicted molar refractivity (Wildman–Crippen MR) is 161 cm³/mol. The summed E-state index contributed by atoms with van der Waals surface area (Å²) < 4.78 is 5.20. The molecule has 0 atom stereocenters. The van der Waals surface area contributed by atoms with Crippen molar-refractivity contribution in [2.45, 2.75) is 26.7 Å². The van der Waals surface area contributed by atoms with E-state index in [4.69, 9.17) is 0 Å². The van der Waals surface area contributed by atoms with E-state index < -0.39 is 0 Å². The van der Waals surface area contributed by atoms with Gasteiger partial charge in [-0.3, -0.25) is 0 Å². The highest BCUT2D eigenvalue weighted by Gasteiger charge is 2.43. The minimum atomic E-state index is 0.232. The molecular formula is C35H25BN2. The Morgan fingerprint density at radius 1 is 0.605 bits per heavy atom. The summed E-state index contributed by atoms with van der Waals surface area (Å²) in [5.74, 6) is 0. The summed E-state index contributed by atoms with van der Waals surface area (Å²) in [6.07, 6.45) is 2.28. The van der Waals surface area contributed by atoms with Crippen molar-refractivity contribution in [2.24, 2.45) is 5.41 Å². The van der Waals surface area contributed by atoms with Gasteiger partial charge in [-0.15, -0.1) is 0 Å². The first-order valence-electron chi connectivity index (χ1n) is 13.8. The second kappa shape index (κ2) is 6.24. The fourth-order valence-corrected chi connectivity index (χ4v) is 8.40. The maximum Gasteiger partial charge on any atom is 0.252 e. The Bertz CT molecular complexity index is 2230. The Hall–Kier alpha value is -4.24. The Morgan fingerprint density at radius 2 is 1.32 bits per heavy atom. The van der Waals surface area contributed by atoms with Gasteiger partial charge < -0.3 is 9.13 Å². The topological polar surface area (TPSA) is 9.86 Å². The van der Waals surface area contributed by atoms with Crippen LogP contribution < -0.4 is 16.4 Å². The van der Waals surface area contributed by atoms with Crippen LogP contribution in [-0.4, -0.2) is 15.8 Å². The van der Waals surface area contributed by atoms with E-state index in [9.17, 15) is 0 Å². The van der Waals surface area contributed by atoms with Gasteiger partial charge >= 0.3 is 0 Å². The van der Waals surface area contributed by atoms with Gasteiger partial charge in [-0.1, -0.05) is 86.6 Å². The molecule has 0 bridgehead atoms. The summed E-state index contributed by atoms with van der Waals surface area (Å²) in [6, 6.07) is 34.6. The third-order valence-corrected chi connectivity index (χ3v) is 9.69. The van der Waals surface area contributed by atoms with Gasteiger partial charge in [0.05, 0.1) is 16.6 Å². The van der Waals surface area contributed by atoms with Crippen LogP contribution in [0, 0.1) is 5.41 Å². The van der Waals surface area contributed by atoms with Crippen LogP contribution in [0.25, 0.3) is 55.0 Å². The first-order chi connectivity index (χ1) is 18.6. The summed E-state index contributed by atoms with van der Waals surface area (Å²) >= 11 is 0. The first-order valence-corrected chi connectivity index (χ1v) is 13.8. The van der Waals surface area contributed by atoms with Gasteiger partial charge in [0, 0.05) is 38.4 Å². The van der Waals surface area contributed by atoms with E-state index in [1.165, 1.54) is 76.9 Å². The normalized spacial score (nSPS) is 16.1. The molecule has 2 aliphatic heterocycles. The molecule has 0 N–H and O–H groups in total. The van der Waals surface area contributed by atoms with Crippen molar-refractivity contribution in [3.63, 3.8) is 0 Å². The van der Waals surface area contributed by atoms with E-state index in [1.807, 2.05) is 0 Å². The van der Waals surface area contributed by atoms with Gasteiger partial charge in [-0.05, 0) is 64.0 Å². The molecule has 0 saturated heterocycles. The Labute approximate surface area is 221 Å². The lowest BCUT2D eigenvalue weighted by atomic mass is 9.34. The molecule has 0 saturated carbocycles. The molecule has 2 aromatic heterocycles.